The molecular formula is C46H31NO. The summed E-state index contributed by atoms with van der Waals surface area (Å²) >= 11 is 0. The van der Waals surface area contributed by atoms with Crippen molar-refractivity contribution in [3.8, 4) is 33.4 Å². The van der Waals surface area contributed by atoms with Gasteiger partial charge in [0.15, 0.2) is 0 Å². The molecule has 0 saturated carbocycles. The van der Waals surface area contributed by atoms with Crippen molar-refractivity contribution >= 4 is 49.8 Å². The van der Waals surface area contributed by atoms with E-state index in [4.69, 9.17) is 18.1 Å². The summed E-state index contributed by atoms with van der Waals surface area (Å²) in [4.78, 5) is 1.02. The first-order chi connectivity index (χ1) is 31.3. The van der Waals surface area contributed by atoms with Gasteiger partial charge in [0.1, 0.15) is 11.2 Å². The van der Waals surface area contributed by atoms with Crippen LogP contribution in [0.25, 0.3) is 66.1 Å². The van der Waals surface area contributed by atoms with Gasteiger partial charge in [-0.1, -0.05) is 145 Å². The third-order valence-corrected chi connectivity index (χ3v) is 7.98. The van der Waals surface area contributed by atoms with E-state index in [1.165, 1.54) is 6.07 Å². The van der Waals surface area contributed by atoms with Gasteiger partial charge in [-0.2, -0.15) is 0 Å². The minimum Gasteiger partial charge on any atom is -0.455 e. The summed E-state index contributed by atoms with van der Waals surface area (Å²) in [7, 11) is 0. The number of hydrogen-bond donors (Lipinski definition) is 0. The van der Waals surface area contributed by atoms with E-state index >= 15 is 0 Å². The van der Waals surface area contributed by atoms with E-state index < -0.39 is 142 Å². The average Bonchev–Trinajstić information content (AvgIpc) is 3.71. The fraction of sp³-hybridized carbons (Fsp3) is 0. The van der Waals surface area contributed by atoms with Crippen LogP contribution in [0.3, 0.4) is 0 Å². The molecule has 0 aliphatic rings. The first-order valence-electron chi connectivity index (χ1n) is 23.9. The first kappa shape index (κ1) is 15.0. The van der Waals surface area contributed by atoms with Crippen LogP contribution in [0.15, 0.2) is 192 Å². The predicted molar refractivity (Wildman–Crippen MR) is 202 cm³/mol. The lowest BCUT2D eigenvalue weighted by atomic mass is 9.95. The lowest BCUT2D eigenvalue weighted by molar-refractivity contribution is 0.672. The minimum absolute atomic E-state index is 0.00624. The zero-order valence-corrected chi connectivity index (χ0v) is 24.9. The van der Waals surface area contributed by atoms with Gasteiger partial charge in [-0.25, -0.2) is 0 Å². The first-order valence-corrected chi connectivity index (χ1v) is 14.9. The number of furan rings is 1. The van der Waals surface area contributed by atoms with Gasteiger partial charge in [-0.3, -0.25) is 0 Å². The second kappa shape index (κ2) is 11.8. The Morgan fingerprint density at radius 2 is 0.979 bits per heavy atom. The van der Waals surface area contributed by atoms with Gasteiger partial charge in [-0.05, 0) is 81.1 Å². The van der Waals surface area contributed by atoms with Crippen molar-refractivity contribution in [3.05, 3.63) is 188 Å². The number of nitrogens with zero attached hydrogens (tertiary/aromatic N) is 1. The maximum absolute atomic E-state index is 9.55. The van der Waals surface area contributed by atoms with E-state index in [1.807, 2.05) is 60.7 Å². The van der Waals surface area contributed by atoms with Crippen LogP contribution in [0.1, 0.15) is 24.7 Å². The molecule has 0 fully saturated rings. The van der Waals surface area contributed by atoms with Crippen LogP contribution in [-0.4, -0.2) is 0 Å². The Labute approximate surface area is 305 Å². The lowest BCUT2D eigenvalue weighted by Crippen LogP contribution is -2.10. The summed E-state index contributed by atoms with van der Waals surface area (Å²) in [5, 5.41) is 2.29. The summed E-state index contributed by atoms with van der Waals surface area (Å²) in [6, 6.07) is 8.91. The molecule has 0 aliphatic heterocycles. The van der Waals surface area contributed by atoms with Gasteiger partial charge in [0, 0.05) is 22.1 Å². The fourth-order valence-corrected chi connectivity index (χ4v) is 5.86. The number of fused-ring (bicyclic) bond motifs is 5. The lowest BCUT2D eigenvalue weighted by Gasteiger charge is -2.26. The highest BCUT2D eigenvalue weighted by atomic mass is 16.3. The molecule has 0 spiro atoms. The molecule has 8 aromatic carbocycles. The van der Waals surface area contributed by atoms with Gasteiger partial charge >= 0.3 is 0 Å². The zero-order chi connectivity index (χ0) is 47.5. The molecule has 226 valence electrons. The molecule has 0 unspecified atom stereocenters. The summed E-state index contributed by atoms with van der Waals surface area (Å²) in [5.41, 5.74) is -1.47. The Kier molecular flexibility index (Phi) is 3.68. The second-order valence-corrected chi connectivity index (χ2v) is 10.7. The fourth-order valence-electron chi connectivity index (χ4n) is 5.86. The molecule has 0 atom stereocenters. The molecule has 0 bridgehead atoms. The Morgan fingerprint density at radius 1 is 0.438 bits per heavy atom. The van der Waals surface area contributed by atoms with Crippen molar-refractivity contribution in [2.24, 2.45) is 0 Å². The maximum atomic E-state index is 9.55. The van der Waals surface area contributed by atoms with Crippen molar-refractivity contribution in [1.82, 2.24) is 0 Å². The molecule has 2 nitrogen and oxygen atoms in total. The Morgan fingerprint density at radius 3 is 1.58 bits per heavy atom. The van der Waals surface area contributed by atoms with E-state index in [1.54, 1.807) is 12.1 Å². The van der Waals surface area contributed by atoms with E-state index in [0.717, 1.165) is 21.4 Å². The van der Waals surface area contributed by atoms with Gasteiger partial charge < -0.3 is 9.32 Å². The SMILES string of the molecule is [2H]c1c([2H])c([2H])c(-c2c([2H])c([2H])c(N(c3c([2H])c([2H])c(-c4c([2H])c([2H])c([2H])c([2H])c4[2H])c([2H])c3[2H])c3cccc4oc5c6ccccc6c(-c6ccccc6)cc5c34)c([2H])c2[2H])c([2H])c1[2H]. The number of anilines is 3. The van der Waals surface area contributed by atoms with Crippen molar-refractivity contribution < 1.29 is 29.1 Å². The Balaban J connectivity index is 1.45. The number of benzene rings is 8. The van der Waals surface area contributed by atoms with Gasteiger partial charge in [0.25, 0.3) is 0 Å². The summed E-state index contributed by atoms with van der Waals surface area (Å²) in [6.07, 6.45) is 0. The molecule has 0 saturated heterocycles. The largest absolute Gasteiger partial charge is 0.455 e. The van der Waals surface area contributed by atoms with Crippen molar-refractivity contribution in [3.63, 3.8) is 0 Å². The van der Waals surface area contributed by atoms with Crippen LogP contribution in [0, 0.1) is 0 Å². The third-order valence-electron chi connectivity index (χ3n) is 7.98. The molecule has 48 heavy (non-hydrogen) atoms. The number of hydrogen-bond acceptors (Lipinski definition) is 2. The average molecular weight is 632 g/mol. The smallest absolute Gasteiger partial charge is 0.143 e. The molecule has 0 N–H and O–H groups in total. The van der Waals surface area contributed by atoms with Gasteiger partial charge in [0.05, 0.1) is 35.7 Å². The van der Waals surface area contributed by atoms with E-state index in [9.17, 15) is 11.0 Å². The highest BCUT2D eigenvalue weighted by Crippen LogP contribution is 2.46. The summed E-state index contributed by atoms with van der Waals surface area (Å²) < 4.78 is 166. The van der Waals surface area contributed by atoms with Crippen LogP contribution in [0.4, 0.5) is 17.1 Å². The maximum Gasteiger partial charge on any atom is 0.143 e. The van der Waals surface area contributed by atoms with Crippen LogP contribution in [-0.2, 0) is 0 Å². The second-order valence-electron chi connectivity index (χ2n) is 10.7. The van der Waals surface area contributed by atoms with Gasteiger partial charge in [0.2, 0.25) is 0 Å². The zero-order valence-electron chi connectivity index (χ0n) is 42.9. The number of rotatable bonds is 6. The molecule has 1 heterocycles. The Bertz CT molecular complexity index is 3340. The van der Waals surface area contributed by atoms with Crippen LogP contribution in [0.2, 0.25) is 0 Å². The van der Waals surface area contributed by atoms with E-state index in [-0.39, 0.29) is 16.7 Å². The normalized spacial score (nSPS) is 16.6. The van der Waals surface area contributed by atoms with E-state index in [2.05, 4.69) is 0 Å². The molecule has 1 aromatic heterocycles. The molecule has 0 aliphatic carbocycles. The highest BCUT2D eigenvalue weighted by molar-refractivity contribution is 6.22. The summed E-state index contributed by atoms with van der Waals surface area (Å²) in [5.74, 6) is 0. The predicted octanol–water partition coefficient (Wildman–Crippen LogP) is 13.2. The summed E-state index contributed by atoms with van der Waals surface area (Å²) in [6.45, 7) is 0. The van der Waals surface area contributed by atoms with E-state index in [0.29, 0.717) is 16.4 Å². The van der Waals surface area contributed by atoms with Crippen LogP contribution < -0.4 is 4.90 Å². The quantitative estimate of drug-likeness (QED) is 0.182. The highest BCUT2D eigenvalue weighted by Gasteiger charge is 2.22. The molecule has 9 rings (SSSR count). The monoisotopic (exact) mass is 631 g/mol. The molecule has 9 aromatic rings. The molecule has 2 heteroatoms. The topological polar surface area (TPSA) is 16.4 Å². The van der Waals surface area contributed by atoms with Crippen molar-refractivity contribution in [2.75, 3.05) is 4.90 Å². The standard InChI is InChI=1S/C46H31NO/c1-4-13-32(14-5-1)34-23-27-37(28-24-34)47(38-29-25-35(26-30-38)33-15-6-2-7-16-33)43-21-12-22-44-45(43)42-31-41(36-17-8-3-9-18-36)39-19-10-11-20-40(39)46(42)48-44/h1-31H/i1D,2D,4D,5D,6D,7D,13D,14D,15D,16D,23D,24D,25D,26D,27D,28D,29D,30D. The molecular weight excluding hydrogens is 583 g/mol. The van der Waals surface area contributed by atoms with Crippen molar-refractivity contribution in [2.45, 2.75) is 0 Å². The Hall–Kier alpha value is -6.38. The minimum atomic E-state index is -0.859. The van der Waals surface area contributed by atoms with Crippen LogP contribution in [0.5, 0.6) is 0 Å². The van der Waals surface area contributed by atoms with Crippen molar-refractivity contribution in [1.29, 1.82) is 0 Å². The van der Waals surface area contributed by atoms with Crippen LogP contribution >= 0.6 is 0 Å². The third kappa shape index (κ3) is 4.83. The molecule has 0 amide bonds. The van der Waals surface area contributed by atoms with Gasteiger partial charge in [-0.15, -0.1) is 0 Å². The molecule has 0 radical (unpaired) electrons.